The highest BCUT2D eigenvalue weighted by Crippen LogP contribution is 2.31. The van der Waals surface area contributed by atoms with Crippen LogP contribution in [0.25, 0.3) is 10.6 Å². The van der Waals surface area contributed by atoms with Crippen molar-refractivity contribution in [3.8, 4) is 10.6 Å². The van der Waals surface area contributed by atoms with E-state index >= 15 is 0 Å². The van der Waals surface area contributed by atoms with Gasteiger partial charge >= 0.3 is 6.03 Å². The molecule has 11 heteroatoms. The predicted octanol–water partition coefficient (Wildman–Crippen LogP) is 2.42. The van der Waals surface area contributed by atoms with E-state index in [1.807, 2.05) is 13.2 Å². The number of nitrogens with zero attached hydrogens (tertiary/aromatic N) is 5. The number of benzene rings is 1. The maximum Gasteiger partial charge on any atom is 0.325 e. The number of aryl methyl sites for hydroxylation is 1. The molecule has 0 bridgehead atoms. The number of nitrogens with one attached hydrogen (secondary N) is 1. The van der Waals surface area contributed by atoms with Gasteiger partial charge in [0.15, 0.2) is 0 Å². The summed E-state index contributed by atoms with van der Waals surface area (Å²) in [4.78, 5) is 41.4. The van der Waals surface area contributed by atoms with E-state index in [1.54, 1.807) is 23.2 Å². The number of carbonyl (C=O) groups is 2. The molecule has 1 aliphatic heterocycles. The van der Waals surface area contributed by atoms with Crippen LogP contribution in [0.1, 0.15) is 18.2 Å². The molecule has 3 amide bonds. The molecule has 4 rings (SSSR count). The van der Waals surface area contributed by atoms with Gasteiger partial charge in [0, 0.05) is 36.3 Å². The summed E-state index contributed by atoms with van der Waals surface area (Å²) in [6.45, 7) is 1.61. The van der Waals surface area contributed by atoms with Crippen molar-refractivity contribution < 1.29 is 14.5 Å². The Morgan fingerprint density at radius 2 is 2.00 bits per heavy atom. The van der Waals surface area contributed by atoms with Crippen molar-refractivity contribution in [2.45, 2.75) is 19.0 Å². The Morgan fingerprint density at radius 1 is 1.28 bits per heavy atom. The van der Waals surface area contributed by atoms with Gasteiger partial charge in [0.05, 0.1) is 23.4 Å². The lowest BCUT2D eigenvalue weighted by molar-refractivity contribution is -0.384. The van der Waals surface area contributed by atoms with Crippen LogP contribution in [-0.4, -0.2) is 36.5 Å². The summed E-state index contributed by atoms with van der Waals surface area (Å²) < 4.78 is 1.67. The van der Waals surface area contributed by atoms with Crippen molar-refractivity contribution >= 4 is 29.0 Å². The molecule has 1 aromatic carbocycles. The first-order valence-electron chi connectivity index (χ1n) is 8.60. The molecule has 1 unspecified atom stereocenters. The quantitative estimate of drug-likeness (QED) is 0.390. The number of hydrogen-bond donors (Lipinski definition) is 1. The highest BCUT2D eigenvalue weighted by molar-refractivity contribution is 7.13. The van der Waals surface area contributed by atoms with Crippen LogP contribution in [0.15, 0.2) is 42.0 Å². The van der Waals surface area contributed by atoms with E-state index in [1.165, 1.54) is 35.6 Å². The Hall–Kier alpha value is -3.60. The second kappa shape index (κ2) is 6.78. The summed E-state index contributed by atoms with van der Waals surface area (Å²) >= 11 is 1.40. The van der Waals surface area contributed by atoms with Crippen molar-refractivity contribution in [2.75, 3.05) is 0 Å². The lowest BCUT2D eigenvalue weighted by atomic mass is 9.92. The van der Waals surface area contributed by atoms with E-state index in [4.69, 9.17) is 0 Å². The molecule has 1 atom stereocenters. The first-order chi connectivity index (χ1) is 13.8. The van der Waals surface area contributed by atoms with Gasteiger partial charge in [-0.2, -0.15) is 5.10 Å². The highest BCUT2D eigenvalue weighted by atomic mass is 32.1. The normalized spacial score (nSPS) is 18.9. The van der Waals surface area contributed by atoms with Crippen molar-refractivity contribution in [3.05, 3.63) is 63.4 Å². The van der Waals surface area contributed by atoms with Crippen LogP contribution < -0.4 is 5.32 Å². The van der Waals surface area contributed by atoms with Crippen LogP contribution in [0.3, 0.4) is 0 Å². The predicted molar refractivity (Wildman–Crippen MR) is 104 cm³/mol. The molecule has 10 nitrogen and oxygen atoms in total. The number of imide groups is 1. The first kappa shape index (κ1) is 18.7. The number of urea groups is 1. The smallest absolute Gasteiger partial charge is 0.319 e. The van der Waals surface area contributed by atoms with E-state index in [9.17, 15) is 19.7 Å². The van der Waals surface area contributed by atoms with Crippen molar-refractivity contribution in [3.63, 3.8) is 0 Å². The number of carbonyl (C=O) groups excluding carboxylic acids is 2. The van der Waals surface area contributed by atoms with Gasteiger partial charge in [0.1, 0.15) is 10.5 Å². The van der Waals surface area contributed by atoms with Gasteiger partial charge in [0.2, 0.25) is 0 Å². The molecular formula is C18H16N6O4S. The molecule has 29 heavy (non-hydrogen) atoms. The number of hydrogen-bond acceptors (Lipinski definition) is 7. The largest absolute Gasteiger partial charge is 0.325 e. The standard InChI is InChI=1S/C18H16N6O4S/c1-18(12-3-5-14(6-4-12)24(27)28)16(25)23(17(26)21-18)9-13-10-29-15(20-13)11-7-19-22(2)8-11/h3-8,10H,9H2,1-2H3,(H,21,26). The van der Waals surface area contributed by atoms with E-state index < -0.39 is 22.4 Å². The first-order valence-corrected chi connectivity index (χ1v) is 9.48. The van der Waals surface area contributed by atoms with Crippen LogP contribution >= 0.6 is 11.3 Å². The fourth-order valence-electron chi connectivity index (χ4n) is 3.16. The summed E-state index contributed by atoms with van der Waals surface area (Å²) in [7, 11) is 1.81. The Balaban J connectivity index is 1.55. The van der Waals surface area contributed by atoms with E-state index in [-0.39, 0.29) is 12.2 Å². The van der Waals surface area contributed by atoms with Gasteiger partial charge in [0.25, 0.3) is 11.6 Å². The number of aromatic nitrogens is 3. The fourth-order valence-corrected chi connectivity index (χ4v) is 3.94. The number of nitro groups is 1. The van der Waals surface area contributed by atoms with Crippen LogP contribution in [-0.2, 0) is 23.9 Å². The lowest BCUT2D eigenvalue weighted by Gasteiger charge is -2.21. The zero-order valence-electron chi connectivity index (χ0n) is 15.5. The monoisotopic (exact) mass is 412 g/mol. The maximum atomic E-state index is 13.0. The van der Waals surface area contributed by atoms with E-state index in [0.29, 0.717) is 11.3 Å². The Kier molecular flexibility index (Phi) is 4.38. The zero-order valence-corrected chi connectivity index (χ0v) is 16.3. The zero-order chi connectivity index (χ0) is 20.8. The highest BCUT2D eigenvalue weighted by Gasteiger charge is 2.49. The Morgan fingerprint density at radius 3 is 2.62 bits per heavy atom. The molecule has 0 radical (unpaired) electrons. The van der Waals surface area contributed by atoms with Gasteiger partial charge in [-0.05, 0) is 24.6 Å². The molecule has 1 saturated heterocycles. The Bertz CT molecular complexity index is 1120. The second-order valence-electron chi connectivity index (χ2n) is 6.80. The third-order valence-corrected chi connectivity index (χ3v) is 5.69. The summed E-state index contributed by atoms with van der Waals surface area (Å²) in [5.74, 6) is -0.438. The van der Waals surface area contributed by atoms with Crippen molar-refractivity contribution in [1.82, 2.24) is 25.0 Å². The molecule has 148 valence electrons. The summed E-state index contributed by atoms with van der Waals surface area (Å²) in [5.41, 5.74) is 0.533. The van der Waals surface area contributed by atoms with Gasteiger partial charge in [-0.25, -0.2) is 9.78 Å². The third kappa shape index (κ3) is 3.25. The van der Waals surface area contributed by atoms with E-state index in [0.717, 1.165) is 15.5 Å². The average molecular weight is 412 g/mol. The van der Waals surface area contributed by atoms with Crippen molar-refractivity contribution in [1.29, 1.82) is 0 Å². The number of non-ortho nitro benzene ring substituents is 1. The maximum absolute atomic E-state index is 13.0. The Labute approximate surface area is 168 Å². The van der Waals surface area contributed by atoms with Crippen LogP contribution in [0, 0.1) is 10.1 Å². The molecule has 1 aliphatic rings. The molecule has 1 fully saturated rings. The summed E-state index contributed by atoms with van der Waals surface area (Å²) in [6, 6.07) is 5.03. The van der Waals surface area contributed by atoms with Crippen molar-refractivity contribution in [2.24, 2.45) is 7.05 Å². The minimum atomic E-state index is -1.30. The topological polar surface area (TPSA) is 123 Å². The molecular weight excluding hydrogens is 396 g/mol. The third-order valence-electron chi connectivity index (χ3n) is 4.75. The molecule has 0 spiro atoms. The number of nitro benzene ring substituents is 1. The molecule has 1 N–H and O–H groups in total. The average Bonchev–Trinajstić information content (AvgIpc) is 3.38. The van der Waals surface area contributed by atoms with Gasteiger partial charge in [-0.15, -0.1) is 11.3 Å². The second-order valence-corrected chi connectivity index (χ2v) is 7.66. The van der Waals surface area contributed by atoms with Gasteiger partial charge in [-0.1, -0.05) is 0 Å². The van der Waals surface area contributed by atoms with E-state index in [2.05, 4.69) is 15.4 Å². The van der Waals surface area contributed by atoms with Crippen LogP contribution in [0.5, 0.6) is 0 Å². The summed E-state index contributed by atoms with van der Waals surface area (Å²) in [6.07, 6.45) is 3.53. The fraction of sp³-hybridized carbons (Fsp3) is 0.222. The number of thiazole rings is 1. The lowest BCUT2D eigenvalue weighted by Crippen LogP contribution is -2.40. The summed E-state index contributed by atoms with van der Waals surface area (Å²) in [5, 5.41) is 20.2. The molecule has 3 heterocycles. The van der Waals surface area contributed by atoms with Gasteiger partial charge in [-0.3, -0.25) is 24.5 Å². The SMILES string of the molecule is Cn1cc(-c2nc(CN3C(=O)NC(C)(c4ccc([N+](=O)[O-])cc4)C3=O)cs2)cn1. The molecule has 0 aliphatic carbocycles. The molecule has 0 saturated carbocycles. The number of rotatable bonds is 5. The van der Waals surface area contributed by atoms with Crippen LogP contribution in [0.2, 0.25) is 0 Å². The minimum Gasteiger partial charge on any atom is -0.319 e. The number of amides is 3. The van der Waals surface area contributed by atoms with Gasteiger partial charge < -0.3 is 5.32 Å². The molecule has 2 aromatic heterocycles. The minimum absolute atomic E-state index is 0.0317. The van der Waals surface area contributed by atoms with Crippen LogP contribution in [0.4, 0.5) is 10.5 Å². The molecule has 3 aromatic rings.